The summed E-state index contributed by atoms with van der Waals surface area (Å²) in [6.07, 6.45) is 5.56. The summed E-state index contributed by atoms with van der Waals surface area (Å²) in [4.78, 5) is 11.5. The number of hydrogen-bond donors (Lipinski definition) is 0. The number of carbonyl (C=O) groups excluding carboxylic acids is 1. The molecule has 97 valence electrons. The van der Waals surface area contributed by atoms with Crippen LogP contribution in [0.25, 0.3) is 0 Å². The molecule has 2 nitrogen and oxygen atoms in total. The zero-order valence-corrected chi connectivity index (χ0v) is 12.3. The average Bonchev–Trinajstić information content (AvgIpc) is 2.38. The van der Waals surface area contributed by atoms with Crippen LogP contribution < -0.4 is 4.74 Å². The molecule has 0 aliphatic heterocycles. The van der Waals surface area contributed by atoms with E-state index in [0.29, 0.717) is 12.2 Å². The monoisotopic (exact) mass is 261 g/mol. The van der Waals surface area contributed by atoms with Crippen molar-refractivity contribution in [1.82, 2.24) is 0 Å². The van der Waals surface area contributed by atoms with Crippen LogP contribution in [0.1, 0.15) is 55.5 Å². The number of unbranched alkanes of at least 4 members (excludes halogenated alkanes) is 3. The van der Waals surface area contributed by atoms with Gasteiger partial charge in [-0.15, -0.1) is 0 Å². The van der Waals surface area contributed by atoms with Gasteiger partial charge in [-0.05, 0) is 24.5 Å². The van der Waals surface area contributed by atoms with E-state index in [2.05, 4.69) is 24.1 Å². The quantitative estimate of drug-likeness (QED) is 0.529. The van der Waals surface area contributed by atoms with Crippen molar-refractivity contribution in [3.05, 3.63) is 29.3 Å². The smallest absolute Gasteiger partial charge is 0.136 e. The minimum atomic E-state index is -0.117. The van der Waals surface area contributed by atoms with E-state index in [1.165, 1.54) is 19.3 Å². The number of hydrogen-bond acceptors (Lipinski definition) is 2. The van der Waals surface area contributed by atoms with Gasteiger partial charge in [0.25, 0.3) is 0 Å². The van der Waals surface area contributed by atoms with Crippen LogP contribution in [0.2, 0.25) is 0 Å². The molecule has 0 bridgehead atoms. The van der Waals surface area contributed by atoms with Gasteiger partial charge in [-0.1, -0.05) is 45.2 Å². The molecule has 0 saturated heterocycles. The molecular formula is C15H21O2Si. The van der Waals surface area contributed by atoms with Crippen molar-refractivity contribution in [1.29, 1.82) is 0 Å². The van der Waals surface area contributed by atoms with Gasteiger partial charge in [0.1, 0.15) is 21.4 Å². The van der Waals surface area contributed by atoms with Gasteiger partial charge in [0.15, 0.2) is 0 Å². The largest absolute Gasteiger partial charge is 0.493 e. The first-order valence-corrected chi connectivity index (χ1v) is 7.21. The lowest BCUT2D eigenvalue weighted by molar-refractivity contribution is 0.107. The Hall–Kier alpha value is -1.09. The molecule has 0 saturated carbocycles. The lowest BCUT2D eigenvalue weighted by Gasteiger charge is -2.13. The number of ether oxygens (including phenoxy) is 1. The van der Waals surface area contributed by atoms with E-state index in [0.717, 1.165) is 24.2 Å². The van der Waals surface area contributed by atoms with Gasteiger partial charge in [0, 0.05) is 0 Å². The molecule has 0 N–H and O–H groups in total. The molecule has 0 aromatic heterocycles. The molecule has 0 aliphatic carbocycles. The molecule has 0 amide bonds. The Morgan fingerprint density at radius 2 is 2.00 bits per heavy atom. The molecule has 0 heterocycles. The van der Waals surface area contributed by atoms with Crippen molar-refractivity contribution in [3.63, 3.8) is 0 Å². The fourth-order valence-corrected chi connectivity index (χ4v) is 2.11. The predicted octanol–water partition coefficient (Wildman–Crippen LogP) is 3.52. The zero-order chi connectivity index (χ0) is 13.4. The van der Waals surface area contributed by atoms with Crippen LogP contribution in [0, 0.1) is 0 Å². The van der Waals surface area contributed by atoms with Gasteiger partial charge in [0.2, 0.25) is 0 Å². The van der Waals surface area contributed by atoms with Crippen molar-refractivity contribution in [2.24, 2.45) is 0 Å². The molecule has 1 aromatic carbocycles. The molecule has 1 aromatic rings. The second-order valence-electron chi connectivity index (χ2n) is 4.39. The first-order chi connectivity index (χ1) is 8.70. The third-order valence-corrected chi connectivity index (χ3v) is 3.24. The van der Waals surface area contributed by atoms with Crippen molar-refractivity contribution in [2.75, 3.05) is 6.61 Å². The third-order valence-electron chi connectivity index (χ3n) is 2.97. The van der Waals surface area contributed by atoms with Crippen LogP contribution in [0.4, 0.5) is 0 Å². The number of para-hydroxylation sites is 1. The van der Waals surface area contributed by atoms with Crippen LogP contribution in [0.5, 0.6) is 5.75 Å². The Kier molecular flexibility index (Phi) is 6.72. The molecule has 3 heteroatoms. The van der Waals surface area contributed by atoms with E-state index in [4.69, 9.17) is 4.74 Å². The van der Waals surface area contributed by atoms with Crippen molar-refractivity contribution < 1.29 is 9.53 Å². The fraction of sp³-hybridized carbons (Fsp3) is 0.533. The zero-order valence-electron chi connectivity index (χ0n) is 11.3. The molecule has 0 spiro atoms. The van der Waals surface area contributed by atoms with Gasteiger partial charge in [0.05, 0.1) is 12.2 Å². The van der Waals surface area contributed by atoms with Crippen LogP contribution in [0.15, 0.2) is 18.2 Å². The Bertz CT molecular complexity index is 388. The lowest BCUT2D eigenvalue weighted by atomic mass is 10.1. The second-order valence-corrected chi connectivity index (χ2v) is 4.84. The number of aryl methyl sites for hydroxylation is 1. The Morgan fingerprint density at radius 3 is 2.61 bits per heavy atom. The minimum absolute atomic E-state index is 0.117. The van der Waals surface area contributed by atoms with Crippen LogP contribution in [-0.2, 0) is 6.42 Å². The maximum Gasteiger partial charge on any atom is 0.136 e. The van der Waals surface area contributed by atoms with Gasteiger partial charge in [-0.3, -0.25) is 0 Å². The Balaban J connectivity index is 2.69. The summed E-state index contributed by atoms with van der Waals surface area (Å²) < 4.78 is 5.82. The normalized spacial score (nSPS) is 10.4. The summed E-state index contributed by atoms with van der Waals surface area (Å²) in [5, 5.41) is -0.117. The van der Waals surface area contributed by atoms with Gasteiger partial charge < -0.3 is 9.53 Å². The van der Waals surface area contributed by atoms with Crippen LogP contribution in [-0.4, -0.2) is 22.3 Å². The fourth-order valence-electron chi connectivity index (χ4n) is 1.92. The van der Waals surface area contributed by atoms with Gasteiger partial charge >= 0.3 is 0 Å². The predicted molar refractivity (Wildman–Crippen MR) is 75.5 cm³/mol. The van der Waals surface area contributed by atoms with Gasteiger partial charge in [-0.2, -0.15) is 0 Å². The highest BCUT2D eigenvalue weighted by molar-refractivity contribution is 6.62. The molecule has 18 heavy (non-hydrogen) atoms. The molecule has 3 radical (unpaired) electrons. The number of carbonyl (C=O) groups is 1. The highest BCUT2D eigenvalue weighted by atomic mass is 28.1. The maximum atomic E-state index is 11.5. The highest BCUT2D eigenvalue weighted by Gasteiger charge is 2.11. The molecule has 0 fully saturated rings. The van der Waals surface area contributed by atoms with E-state index in [-0.39, 0.29) is 5.41 Å². The minimum Gasteiger partial charge on any atom is -0.493 e. The average molecular weight is 261 g/mol. The van der Waals surface area contributed by atoms with Gasteiger partial charge in [-0.25, -0.2) is 0 Å². The molecule has 1 rings (SSSR count). The van der Waals surface area contributed by atoms with Crippen LogP contribution in [0.3, 0.4) is 0 Å². The van der Waals surface area contributed by atoms with E-state index >= 15 is 0 Å². The van der Waals surface area contributed by atoms with Crippen molar-refractivity contribution in [2.45, 2.75) is 46.0 Å². The SMILES string of the molecule is CCCCCCOc1c(CC)cccc1C(=O)[Si]. The summed E-state index contributed by atoms with van der Waals surface area (Å²) in [6.45, 7) is 4.94. The summed E-state index contributed by atoms with van der Waals surface area (Å²) in [7, 11) is 3.06. The molecular weight excluding hydrogens is 240 g/mol. The molecule has 0 atom stereocenters. The highest BCUT2D eigenvalue weighted by Crippen LogP contribution is 2.25. The first kappa shape index (κ1) is 15.0. The number of rotatable bonds is 8. The van der Waals surface area contributed by atoms with Crippen molar-refractivity contribution in [3.8, 4) is 5.75 Å². The van der Waals surface area contributed by atoms with E-state index in [1.807, 2.05) is 12.1 Å². The van der Waals surface area contributed by atoms with E-state index in [9.17, 15) is 4.79 Å². The topological polar surface area (TPSA) is 26.3 Å². The van der Waals surface area contributed by atoms with Crippen LogP contribution >= 0.6 is 0 Å². The number of benzene rings is 1. The standard InChI is InChI=1S/C15H21O2Si/c1-3-5-6-7-11-17-14-12(4-2)9-8-10-13(14)15(16)18/h8-10H,3-7,11H2,1-2H3. The lowest BCUT2D eigenvalue weighted by Crippen LogP contribution is -2.07. The third kappa shape index (κ3) is 4.30. The summed E-state index contributed by atoms with van der Waals surface area (Å²) in [5.74, 6) is 0.747. The van der Waals surface area contributed by atoms with E-state index < -0.39 is 0 Å². The Morgan fingerprint density at radius 1 is 1.22 bits per heavy atom. The Labute approximate surface area is 113 Å². The first-order valence-electron chi connectivity index (χ1n) is 6.71. The van der Waals surface area contributed by atoms with E-state index in [1.54, 1.807) is 6.07 Å². The second kappa shape index (κ2) is 8.09. The molecule has 0 aliphatic rings. The summed E-state index contributed by atoms with van der Waals surface area (Å²) in [6, 6.07) is 5.71. The van der Waals surface area contributed by atoms with Crippen molar-refractivity contribution >= 4 is 15.6 Å². The summed E-state index contributed by atoms with van der Waals surface area (Å²) >= 11 is 0. The summed E-state index contributed by atoms with van der Waals surface area (Å²) in [5.41, 5.74) is 1.72. The molecule has 0 unspecified atom stereocenters. The maximum absolute atomic E-state index is 11.5.